The summed E-state index contributed by atoms with van der Waals surface area (Å²) in [7, 11) is 7.79. The number of nitrogens with zero attached hydrogens (tertiary/aromatic N) is 3. The molecule has 5 heteroatoms. The molecular formula is C14H24N4O. The van der Waals surface area contributed by atoms with Gasteiger partial charge in [-0.25, -0.2) is 0 Å². The summed E-state index contributed by atoms with van der Waals surface area (Å²) in [6.45, 7) is 2.22. The van der Waals surface area contributed by atoms with Crippen LogP contribution in [0.1, 0.15) is 0 Å². The molecule has 106 valence electrons. The largest absolute Gasteiger partial charge is 0.399 e. The summed E-state index contributed by atoms with van der Waals surface area (Å²) in [4.78, 5) is 17.9. The quantitative estimate of drug-likeness (QED) is 0.770. The molecule has 5 nitrogen and oxygen atoms in total. The minimum absolute atomic E-state index is 0.0750. The molecule has 0 heterocycles. The molecule has 0 aliphatic heterocycles. The highest BCUT2D eigenvalue weighted by Crippen LogP contribution is 2.14. The smallest absolute Gasteiger partial charge is 0.240 e. The van der Waals surface area contributed by atoms with Crippen molar-refractivity contribution in [3.63, 3.8) is 0 Å². The van der Waals surface area contributed by atoms with Crippen molar-refractivity contribution in [3.05, 3.63) is 24.3 Å². The third-order valence-electron chi connectivity index (χ3n) is 2.99. The van der Waals surface area contributed by atoms with Crippen molar-refractivity contribution < 1.29 is 4.79 Å². The number of benzene rings is 1. The lowest BCUT2D eigenvalue weighted by molar-refractivity contribution is -0.119. The van der Waals surface area contributed by atoms with Gasteiger partial charge in [-0.2, -0.15) is 0 Å². The lowest BCUT2D eigenvalue weighted by Gasteiger charge is -2.23. The highest BCUT2D eigenvalue weighted by atomic mass is 16.2. The SMILES string of the molecule is CN(C)CCN(C)CC(=O)N(C)c1ccc(N)cc1. The minimum atomic E-state index is 0.0750. The first-order valence-corrected chi connectivity index (χ1v) is 6.35. The normalized spacial score (nSPS) is 11.1. The number of nitrogen functional groups attached to an aromatic ring is 1. The van der Waals surface area contributed by atoms with Crippen molar-refractivity contribution in [2.24, 2.45) is 0 Å². The topological polar surface area (TPSA) is 52.8 Å². The molecule has 19 heavy (non-hydrogen) atoms. The number of anilines is 2. The second kappa shape index (κ2) is 7.11. The van der Waals surface area contributed by atoms with Crippen molar-refractivity contribution in [1.29, 1.82) is 0 Å². The van der Waals surface area contributed by atoms with Gasteiger partial charge in [-0.1, -0.05) is 0 Å². The van der Waals surface area contributed by atoms with Gasteiger partial charge in [0.2, 0.25) is 5.91 Å². The molecular weight excluding hydrogens is 240 g/mol. The van der Waals surface area contributed by atoms with E-state index in [1.807, 2.05) is 38.2 Å². The Bertz CT molecular complexity index is 402. The summed E-state index contributed by atoms with van der Waals surface area (Å²) in [6, 6.07) is 7.31. The van der Waals surface area contributed by atoms with Crippen molar-refractivity contribution in [2.75, 3.05) is 58.5 Å². The molecule has 0 saturated heterocycles. The van der Waals surface area contributed by atoms with E-state index in [4.69, 9.17) is 5.73 Å². The van der Waals surface area contributed by atoms with Gasteiger partial charge in [0.05, 0.1) is 6.54 Å². The summed E-state index contributed by atoms with van der Waals surface area (Å²) < 4.78 is 0. The molecule has 0 atom stereocenters. The highest BCUT2D eigenvalue weighted by Gasteiger charge is 2.13. The Balaban J connectivity index is 2.50. The number of likely N-dealkylation sites (N-methyl/N-ethyl adjacent to an activating group) is 3. The third kappa shape index (κ3) is 5.28. The van der Waals surface area contributed by atoms with Crippen molar-refractivity contribution in [2.45, 2.75) is 0 Å². The van der Waals surface area contributed by atoms with Gasteiger partial charge in [0.25, 0.3) is 0 Å². The van der Waals surface area contributed by atoms with E-state index in [0.717, 1.165) is 18.8 Å². The van der Waals surface area contributed by atoms with Gasteiger partial charge < -0.3 is 15.5 Å². The Morgan fingerprint density at radius 1 is 1.05 bits per heavy atom. The molecule has 0 aromatic heterocycles. The van der Waals surface area contributed by atoms with Crippen LogP contribution >= 0.6 is 0 Å². The molecule has 0 saturated carbocycles. The van der Waals surface area contributed by atoms with Gasteiger partial charge in [-0.3, -0.25) is 9.69 Å². The number of amides is 1. The van der Waals surface area contributed by atoms with E-state index in [9.17, 15) is 4.79 Å². The Morgan fingerprint density at radius 2 is 1.63 bits per heavy atom. The number of carbonyl (C=O) groups excluding carboxylic acids is 1. The van der Waals surface area contributed by atoms with Crippen LogP contribution in [0.5, 0.6) is 0 Å². The summed E-state index contributed by atoms with van der Waals surface area (Å²) in [5, 5.41) is 0. The van der Waals surface area contributed by atoms with E-state index in [-0.39, 0.29) is 5.91 Å². The van der Waals surface area contributed by atoms with Gasteiger partial charge in [0, 0.05) is 31.5 Å². The molecule has 0 fully saturated rings. The summed E-state index contributed by atoms with van der Waals surface area (Å²) in [5.41, 5.74) is 7.20. The van der Waals surface area contributed by atoms with Crippen LogP contribution in [0.2, 0.25) is 0 Å². The zero-order valence-electron chi connectivity index (χ0n) is 12.3. The Labute approximate surface area is 115 Å². The standard InChI is InChI=1S/C14H24N4O/c1-16(2)9-10-17(3)11-14(19)18(4)13-7-5-12(15)6-8-13/h5-8H,9-11,15H2,1-4H3. The molecule has 1 aromatic rings. The second-order valence-electron chi connectivity index (χ2n) is 5.09. The molecule has 0 radical (unpaired) electrons. The Hall–Kier alpha value is -1.59. The Kier molecular flexibility index (Phi) is 5.79. The number of hydrogen-bond donors (Lipinski definition) is 1. The zero-order valence-corrected chi connectivity index (χ0v) is 12.3. The average molecular weight is 264 g/mol. The van der Waals surface area contributed by atoms with Crippen LogP contribution < -0.4 is 10.6 Å². The van der Waals surface area contributed by atoms with Crippen molar-refractivity contribution >= 4 is 17.3 Å². The minimum Gasteiger partial charge on any atom is -0.399 e. The summed E-state index contributed by atoms with van der Waals surface area (Å²) in [6.07, 6.45) is 0. The molecule has 0 spiro atoms. The predicted molar refractivity (Wildman–Crippen MR) is 80.3 cm³/mol. The van der Waals surface area contributed by atoms with Gasteiger partial charge in [0.1, 0.15) is 0 Å². The predicted octanol–water partition coefficient (Wildman–Crippen LogP) is 0.725. The van der Waals surface area contributed by atoms with Crippen LogP contribution in [0.3, 0.4) is 0 Å². The number of nitrogens with two attached hydrogens (primary N) is 1. The average Bonchev–Trinajstić information content (AvgIpc) is 2.36. The fourth-order valence-electron chi connectivity index (χ4n) is 1.63. The molecule has 0 unspecified atom stereocenters. The van der Waals surface area contributed by atoms with E-state index in [1.165, 1.54) is 0 Å². The van der Waals surface area contributed by atoms with Crippen LogP contribution in [0.15, 0.2) is 24.3 Å². The first kappa shape index (κ1) is 15.5. The molecule has 1 amide bonds. The maximum Gasteiger partial charge on any atom is 0.240 e. The number of carbonyl (C=O) groups is 1. The van der Waals surface area contributed by atoms with Crippen LogP contribution in [0.4, 0.5) is 11.4 Å². The van der Waals surface area contributed by atoms with Crippen molar-refractivity contribution in [1.82, 2.24) is 9.80 Å². The summed E-state index contributed by atoms with van der Waals surface area (Å²) >= 11 is 0. The fraction of sp³-hybridized carbons (Fsp3) is 0.500. The van der Waals surface area contributed by atoms with Gasteiger partial charge in [-0.05, 0) is 45.4 Å². The molecule has 1 rings (SSSR count). The van der Waals surface area contributed by atoms with E-state index in [2.05, 4.69) is 4.90 Å². The molecule has 1 aromatic carbocycles. The maximum absolute atomic E-state index is 12.1. The van der Waals surface area contributed by atoms with E-state index in [0.29, 0.717) is 12.2 Å². The first-order valence-electron chi connectivity index (χ1n) is 6.35. The Morgan fingerprint density at radius 3 is 2.16 bits per heavy atom. The highest BCUT2D eigenvalue weighted by molar-refractivity contribution is 5.94. The fourth-order valence-corrected chi connectivity index (χ4v) is 1.63. The van der Waals surface area contributed by atoms with Crippen LogP contribution in [0, 0.1) is 0 Å². The monoisotopic (exact) mass is 264 g/mol. The summed E-state index contributed by atoms with van der Waals surface area (Å²) in [5.74, 6) is 0.0750. The van der Waals surface area contributed by atoms with E-state index < -0.39 is 0 Å². The van der Waals surface area contributed by atoms with Crippen LogP contribution in [0.25, 0.3) is 0 Å². The van der Waals surface area contributed by atoms with Gasteiger partial charge >= 0.3 is 0 Å². The zero-order chi connectivity index (χ0) is 14.4. The van der Waals surface area contributed by atoms with E-state index >= 15 is 0 Å². The second-order valence-corrected chi connectivity index (χ2v) is 5.09. The number of hydrogen-bond acceptors (Lipinski definition) is 4. The van der Waals surface area contributed by atoms with Crippen LogP contribution in [-0.2, 0) is 4.79 Å². The number of rotatable bonds is 6. The molecule has 2 N–H and O–H groups in total. The molecule has 0 aliphatic rings. The van der Waals surface area contributed by atoms with Gasteiger partial charge in [-0.15, -0.1) is 0 Å². The maximum atomic E-state index is 12.1. The van der Waals surface area contributed by atoms with E-state index in [1.54, 1.807) is 24.1 Å². The molecule has 0 aliphatic carbocycles. The lowest BCUT2D eigenvalue weighted by atomic mass is 10.2. The first-order chi connectivity index (χ1) is 8.90. The van der Waals surface area contributed by atoms with Crippen LogP contribution in [-0.4, -0.2) is 63.5 Å². The molecule has 0 bridgehead atoms. The lowest BCUT2D eigenvalue weighted by Crippen LogP contribution is -2.39. The third-order valence-corrected chi connectivity index (χ3v) is 2.99. The van der Waals surface area contributed by atoms with Crippen molar-refractivity contribution in [3.8, 4) is 0 Å². The van der Waals surface area contributed by atoms with Gasteiger partial charge in [0.15, 0.2) is 0 Å².